The molecule has 2 aliphatic heterocycles. The monoisotopic (exact) mass is 1020 g/mol. The number of pyridine rings is 2. The van der Waals surface area contributed by atoms with Crippen molar-refractivity contribution < 1.29 is 25.8 Å². The van der Waals surface area contributed by atoms with E-state index in [1.165, 1.54) is 22.4 Å². The predicted molar refractivity (Wildman–Crippen MR) is 259 cm³/mol. The molecule has 2 aromatic heterocycles. The van der Waals surface area contributed by atoms with E-state index in [0.717, 1.165) is 67.8 Å². The topological polar surface area (TPSA) is 44.7 Å². The minimum absolute atomic E-state index is 0. The largest absolute Gasteiger partial charge is 0.509 e. The number of hydrogen-bond acceptors (Lipinski definition) is 6. The second-order valence-electron chi connectivity index (χ2n) is 18.0. The maximum atomic E-state index is 6.76. The number of hydrogen-bond donors (Lipinski definition) is 0. The Bertz CT molecular complexity index is 2960. The number of aromatic nitrogens is 2. The Kier molecular flexibility index (Phi) is 11.5. The van der Waals surface area contributed by atoms with Crippen LogP contribution in [0.3, 0.4) is 0 Å². The zero-order valence-electron chi connectivity index (χ0n) is 37.2. The van der Waals surface area contributed by atoms with E-state index in [-0.39, 0.29) is 38.3 Å². The molecular weight excluding hydrogens is 966 g/mol. The number of anilines is 7. The molecule has 0 unspecified atom stereocenters. The first-order valence-corrected chi connectivity index (χ1v) is 21.9. The minimum atomic E-state index is -0.0627. The van der Waals surface area contributed by atoms with Crippen LogP contribution in [-0.2, 0) is 26.5 Å². The first kappa shape index (κ1) is 42.8. The van der Waals surface area contributed by atoms with E-state index in [9.17, 15) is 0 Å². The normalized spacial score (nSPS) is 12.9. The Balaban J connectivity index is 0.00000518. The van der Waals surface area contributed by atoms with E-state index >= 15 is 0 Å². The van der Waals surface area contributed by atoms with E-state index in [1.54, 1.807) is 0 Å². The van der Waals surface area contributed by atoms with Crippen molar-refractivity contribution in [2.75, 3.05) is 14.7 Å². The van der Waals surface area contributed by atoms with Gasteiger partial charge in [-0.2, -0.15) is 12.1 Å². The molecule has 2 aliphatic rings. The average molecular weight is 1020 g/mol. The van der Waals surface area contributed by atoms with Crippen LogP contribution in [0.5, 0.6) is 11.5 Å². The van der Waals surface area contributed by atoms with Gasteiger partial charge in [0.1, 0.15) is 5.82 Å². The second-order valence-corrected chi connectivity index (χ2v) is 18.0. The summed E-state index contributed by atoms with van der Waals surface area (Å²) in [5.74, 6) is 2.54. The molecule has 0 amide bonds. The summed E-state index contributed by atoms with van der Waals surface area (Å²) in [5.41, 5.74) is 16.4. The molecule has 0 saturated carbocycles. The van der Waals surface area contributed by atoms with Crippen LogP contribution in [0.4, 0.5) is 39.9 Å². The molecule has 6 nitrogen and oxygen atoms in total. The number of ether oxygens (including phenoxy) is 1. The van der Waals surface area contributed by atoms with Crippen molar-refractivity contribution in [3.63, 3.8) is 0 Å². The molecule has 0 radical (unpaired) electrons. The zero-order valence-corrected chi connectivity index (χ0v) is 39.5. The molecule has 0 aliphatic carbocycles. The van der Waals surface area contributed by atoms with E-state index < -0.39 is 0 Å². The summed E-state index contributed by atoms with van der Waals surface area (Å²) < 4.78 is 6.76. The Morgan fingerprint density at radius 1 is 0.562 bits per heavy atom. The summed E-state index contributed by atoms with van der Waals surface area (Å²) in [6.07, 6.45) is 3.78. The molecule has 10 rings (SSSR count). The molecule has 322 valence electrons. The van der Waals surface area contributed by atoms with Gasteiger partial charge >= 0.3 is 0 Å². The van der Waals surface area contributed by atoms with E-state index in [0.29, 0.717) is 11.5 Å². The number of fused-ring (bicyclic) bond motifs is 6. The number of nitrogens with zero attached hydrogens (tertiary/aromatic N) is 5. The number of para-hydroxylation sites is 3. The van der Waals surface area contributed by atoms with Gasteiger partial charge in [-0.3, -0.25) is 4.98 Å². The van der Waals surface area contributed by atoms with Crippen LogP contribution in [0.1, 0.15) is 77.0 Å². The first-order chi connectivity index (χ1) is 30.5. The van der Waals surface area contributed by atoms with Crippen LogP contribution in [0, 0.1) is 18.8 Å². The van der Waals surface area contributed by atoms with Gasteiger partial charge in [0.15, 0.2) is 0 Å². The Morgan fingerprint density at radius 3 is 1.86 bits per heavy atom. The predicted octanol–water partition coefficient (Wildman–Crippen LogP) is 15.6. The maximum Gasteiger partial charge on any atom is 0.135 e. The molecule has 0 saturated heterocycles. The third kappa shape index (κ3) is 7.79. The van der Waals surface area contributed by atoms with Gasteiger partial charge in [-0.25, -0.2) is 4.98 Å². The summed E-state index contributed by atoms with van der Waals surface area (Å²) in [6.45, 7) is 18.0. The van der Waals surface area contributed by atoms with Crippen LogP contribution in [0.2, 0.25) is 0 Å². The van der Waals surface area contributed by atoms with Crippen molar-refractivity contribution >= 4 is 39.9 Å². The van der Waals surface area contributed by atoms with E-state index in [1.807, 2.05) is 36.7 Å². The van der Waals surface area contributed by atoms with Crippen LogP contribution in [0.15, 0.2) is 158 Å². The first-order valence-electron chi connectivity index (χ1n) is 21.9. The zero-order chi connectivity index (χ0) is 43.4. The maximum absolute atomic E-state index is 6.76. The fraction of sp³-hybridized carbons (Fsp3) is 0.175. The summed E-state index contributed by atoms with van der Waals surface area (Å²) in [7, 11) is 0. The standard InChI is InChI=1S/C57H50N5O.Pt/c1-37(2)48-31-39(50-22-14-15-29-58-50)32-49(38(3)4)56(48)61-36-60(52-24-12-13-25-53(52)61)41-17-16-18-42(34-41)63-43-26-27-47-45-20-9-8-19-44(45)46-21-10-11-23-51(46)62(54(47)35-43)55-33-40(28-30-59-55)57(5,6)7;/h8-33,36-38H,1-7H3;/q-3;. The van der Waals surface area contributed by atoms with Crippen LogP contribution < -0.4 is 19.4 Å². The van der Waals surface area contributed by atoms with Crippen LogP contribution >= 0.6 is 0 Å². The number of benzene rings is 6. The summed E-state index contributed by atoms with van der Waals surface area (Å²) >= 11 is 0. The molecule has 7 heteroatoms. The molecule has 4 heterocycles. The Morgan fingerprint density at radius 2 is 1.19 bits per heavy atom. The second kappa shape index (κ2) is 17.2. The molecule has 6 aromatic carbocycles. The van der Waals surface area contributed by atoms with Gasteiger partial charge in [-0.1, -0.05) is 120 Å². The fourth-order valence-corrected chi connectivity index (χ4v) is 8.89. The third-order valence-corrected chi connectivity index (χ3v) is 12.1. The van der Waals surface area contributed by atoms with Crippen molar-refractivity contribution in [1.82, 2.24) is 9.97 Å². The fourth-order valence-electron chi connectivity index (χ4n) is 8.89. The van der Waals surface area contributed by atoms with E-state index in [4.69, 9.17) is 14.7 Å². The van der Waals surface area contributed by atoms with Gasteiger partial charge in [-0.15, -0.1) is 48.3 Å². The SMILES string of the molecule is CC(C)c1cc(-c2ccccn2)cc(C(C)C)c1N1[CH-]N(c2[c-]c(Oc3[c-]c4c(cc3)-c3ccccc3-c3ccccc3N4c3cc(C(C)(C)C)ccn3)ccc2)c2ccccc21.[Pt]. The molecule has 0 fully saturated rings. The van der Waals surface area contributed by atoms with Gasteiger partial charge < -0.3 is 19.4 Å². The van der Waals surface area contributed by atoms with Crippen molar-refractivity contribution in [3.05, 3.63) is 193 Å². The van der Waals surface area contributed by atoms with Crippen molar-refractivity contribution in [1.29, 1.82) is 0 Å². The molecule has 0 N–H and O–H groups in total. The summed E-state index contributed by atoms with van der Waals surface area (Å²) in [6, 6.07) is 58.4. The average Bonchev–Trinajstić information content (AvgIpc) is 3.63. The molecular formula is C57H50N5OPt-3. The quantitative estimate of drug-likeness (QED) is 0.141. The third-order valence-electron chi connectivity index (χ3n) is 12.1. The molecule has 64 heavy (non-hydrogen) atoms. The van der Waals surface area contributed by atoms with Gasteiger partial charge in [0, 0.05) is 73.1 Å². The Labute approximate surface area is 392 Å². The van der Waals surface area contributed by atoms with Crippen molar-refractivity contribution in [3.8, 4) is 45.0 Å². The molecule has 8 aromatic rings. The molecule has 0 atom stereocenters. The van der Waals surface area contributed by atoms with Gasteiger partial charge in [0.2, 0.25) is 0 Å². The van der Waals surface area contributed by atoms with Gasteiger partial charge in [-0.05, 0) is 94.1 Å². The van der Waals surface area contributed by atoms with Crippen LogP contribution in [0.25, 0.3) is 33.5 Å². The van der Waals surface area contributed by atoms with Crippen LogP contribution in [-0.4, -0.2) is 9.97 Å². The molecule has 0 bridgehead atoms. The van der Waals surface area contributed by atoms with E-state index in [2.05, 4.69) is 203 Å². The van der Waals surface area contributed by atoms with Gasteiger partial charge in [0.25, 0.3) is 0 Å². The van der Waals surface area contributed by atoms with Crippen molar-refractivity contribution in [2.45, 2.75) is 65.7 Å². The smallest absolute Gasteiger partial charge is 0.135 e. The summed E-state index contributed by atoms with van der Waals surface area (Å²) in [4.78, 5) is 16.5. The molecule has 0 spiro atoms. The minimum Gasteiger partial charge on any atom is -0.509 e. The number of rotatable bonds is 8. The van der Waals surface area contributed by atoms with Crippen molar-refractivity contribution in [2.24, 2.45) is 0 Å². The Hall–Kier alpha value is -6.49. The summed E-state index contributed by atoms with van der Waals surface area (Å²) in [5, 5.41) is 0. The van der Waals surface area contributed by atoms with Gasteiger partial charge in [0.05, 0.1) is 11.4 Å².